The summed E-state index contributed by atoms with van der Waals surface area (Å²) in [6, 6.07) is 14.1. The van der Waals surface area contributed by atoms with Crippen LogP contribution in [0.15, 0.2) is 59.5 Å². The van der Waals surface area contributed by atoms with Gasteiger partial charge in [0.2, 0.25) is 0 Å². The Bertz CT molecular complexity index is 1090. The second-order valence-corrected chi connectivity index (χ2v) is 7.38. The van der Waals surface area contributed by atoms with Crippen LogP contribution in [0.2, 0.25) is 5.02 Å². The normalized spacial score (nSPS) is 14.8. The number of carbonyl (C=O) groups excluding carboxylic acids is 1. The second-order valence-electron chi connectivity index (χ2n) is 6.97. The number of carbonyl (C=O) groups is 1. The number of ether oxygens (including phenoxy) is 1. The molecule has 2 heterocycles. The van der Waals surface area contributed by atoms with Gasteiger partial charge in [0.05, 0.1) is 23.8 Å². The summed E-state index contributed by atoms with van der Waals surface area (Å²) in [5, 5.41) is 4.55. The number of nitrogens with one attached hydrogen (secondary N) is 1. The van der Waals surface area contributed by atoms with Crippen LogP contribution in [0.4, 0.5) is 5.69 Å². The van der Waals surface area contributed by atoms with Crippen molar-refractivity contribution in [1.29, 1.82) is 0 Å². The fourth-order valence-corrected chi connectivity index (χ4v) is 3.73. The molecule has 4 rings (SSSR count). The number of halogens is 1. The minimum Gasteiger partial charge on any atom is -0.379 e. The molecular formula is C22H22ClN3O3. The van der Waals surface area contributed by atoms with E-state index in [1.54, 1.807) is 53.2 Å². The lowest BCUT2D eigenvalue weighted by Crippen LogP contribution is -2.39. The van der Waals surface area contributed by atoms with Crippen LogP contribution in [0.1, 0.15) is 10.4 Å². The molecule has 0 atom stereocenters. The van der Waals surface area contributed by atoms with Crippen molar-refractivity contribution in [3.8, 4) is 0 Å². The Morgan fingerprint density at radius 2 is 1.79 bits per heavy atom. The topological polar surface area (TPSA) is 63.6 Å². The quantitative estimate of drug-likeness (QED) is 0.700. The van der Waals surface area contributed by atoms with Crippen molar-refractivity contribution in [2.45, 2.75) is 6.54 Å². The van der Waals surface area contributed by atoms with Crippen LogP contribution >= 0.6 is 11.6 Å². The molecule has 1 N–H and O–H groups in total. The standard InChI is InChI=1S/C22H22ClN3O3/c23-19-6-2-1-4-18(19)21(27)24-20-7-3-5-17-16(20)8-9-26(22(17)28)11-10-25-12-14-29-15-13-25/h1-9H,10-15H2,(H,24,27). The molecule has 0 radical (unpaired) electrons. The number of benzene rings is 2. The van der Waals surface area contributed by atoms with Crippen LogP contribution in [-0.2, 0) is 11.3 Å². The largest absolute Gasteiger partial charge is 0.379 e. The van der Waals surface area contributed by atoms with Crippen molar-refractivity contribution < 1.29 is 9.53 Å². The summed E-state index contributed by atoms with van der Waals surface area (Å²) >= 11 is 6.12. The number of hydrogen-bond acceptors (Lipinski definition) is 4. The van der Waals surface area contributed by atoms with E-state index in [1.165, 1.54) is 0 Å². The van der Waals surface area contributed by atoms with Crippen LogP contribution in [0.25, 0.3) is 10.8 Å². The molecular weight excluding hydrogens is 390 g/mol. The van der Waals surface area contributed by atoms with Crippen molar-refractivity contribution in [2.75, 3.05) is 38.2 Å². The molecule has 150 valence electrons. The smallest absolute Gasteiger partial charge is 0.258 e. The summed E-state index contributed by atoms with van der Waals surface area (Å²) in [6.45, 7) is 4.67. The first-order valence-corrected chi connectivity index (χ1v) is 9.99. The van der Waals surface area contributed by atoms with Gasteiger partial charge >= 0.3 is 0 Å². The minimum atomic E-state index is -0.306. The van der Waals surface area contributed by atoms with E-state index in [2.05, 4.69) is 10.2 Å². The number of hydrogen-bond donors (Lipinski definition) is 1. The predicted octanol–water partition coefficient (Wildman–Crippen LogP) is 3.24. The fourth-order valence-electron chi connectivity index (χ4n) is 3.51. The molecule has 0 saturated carbocycles. The average Bonchev–Trinajstić information content (AvgIpc) is 2.75. The molecule has 3 aromatic rings. The Morgan fingerprint density at radius 1 is 1.00 bits per heavy atom. The lowest BCUT2D eigenvalue weighted by molar-refractivity contribution is 0.0363. The van der Waals surface area contributed by atoms with Crippen LogP contribution < -0.4 is 10.9 Å². The van der Waals surface area contributed by atoms with Gasteiger partial charge in [-0.1, -0.05) is 29.8 Å². The van der Waals surface area contributed by atoms with Crippen LogP contribution in [-0.4, -0.2) is 48.2 Å². The van der Waals surface area contributed by atoms with Crippen LogP contribution in [0.5, 0.6) is 0 Å². The molecule has 1 saturated heterocycles. The average molecular weight is 412 g/mol. The zero-order valence-electron chi connectivity index (χ0n) is 15.9. The molecule has 0 bridgehead atoms. The Kier molecular flexibility index (Phi) is 5.94. The van der Waals surface area contributed by atoms with Gasteiger partial charge in [0.15, 0.2) is 0 Å². The van der Waals surface area contributed by atoms with Gasteiger partial charge in [-0.05, 0) is 30.3 Å². The van der Waals surface area contributed by atoms with Crippen molar-refractivity contribution in [3.63, 3.8) is 0 Å². The molecule has 0 spiro atoms. The highest BCUT2D eigenvalue weighted by atomic mass is 35.5. The molecule has 2 aromatic carbocycles. The second kappa shape index (κ2) is 8.78. The molecule has 0 unspecified atom stereocenters. The third-order valence-corrected chi connectivity index (χ3v) is 5.48. The van der Waals surface area contributed by atoms with E-state index >= 15 is 0 Å². The highest BCUT2D eigenvalue weighted by molar-refractivity contribution is 6.34. The van der Waals surface area contributed by atoms with E-state index < -0.39 is 0 Å². The summed E-state index contributed by atoms with van der Waals surface area (Å²) in [4.78, 5) is 27.9. The summed E-state index contributed by atoms with van der Waals surface area (Å²) in [7, 11) is 0. The SMILES string of the molecule is O=C(Nc1cccc2c(=O)n(CCN3CCOCC3)ccc12)c1ccccc1Cl. The van der Waals surface area contributed by atoms with E-state index in [1.807, 2.05) is 6.07 Å². The van der Waals surface area contributed by atoms with Gasteiger partial charge in [-0.15, -0.1) is 0 Å². The van der Waals surface area contributed by atoms with E-state index in [0.717, 1.165) is 32.8 Å². The lowest BCUT2D eigenvalue weighted by Gasteiger charge is -2.26. The van der Waals surface area contributed by atoms with E-state index in [0.29, 0.717) is 33.6 Å². The first-order valence-electron chi connectivity index (χ1n) is 9.61. The number of pyridine rings is 1. The Hall–Kier alpha value is -2.67. The zero-order valence-corrected chi connectivity index (χ0v) is 16.7. The Morgan fingerprint density at radius 3 is 2.59 bits per heavy atom. The van der Waals surface area contributed by atoms with E-state index in [9.17, 15) is 9.59 Å². The molecule has 1 aromatic heterocycles. The third-order valence-electron chi connectivity index (χ3n) is 5.15. The maximum atomic E-state index is 12.9. The van der Waals surface area contributed by atoms with Gasteiger partial charge < -0.3 is 14.6 Å². The van der Waals surface area contributed by atoms with Crippen molar-refractivity contribution in [2.24, 2.45) is 0 Å². The van der Waals surface area contributed by atoms with Crippen LogP contribution in [0.3, 0.4) is 0 Å². The Balaban J connectivity index is 1.57. The van der Waals surface area contributed by atoms with Crippen molar-refractivity contribution in [3.05, 3.63) is 75.7 Å². The molecule has 29 heavy (non-hydrogen) atoms. The van der Waals surface area contributed by atoms with E-state index in [-0.39, 0.29) is 11.5 Å². The number of aromatic nitrogens is 1. The number of nitrogens with zero attached hydrogens (tertiary/aromatic N) is 2. The number of fused-ring (bicyclic) bond motifs is 1. The monoisotopic (exact) mass is 411 g/mol. The molecule has 1 aliphatic heterocycles. The van der Waals surface area contributed by atoms with Gasteiger partial charge in [0.1, 0.15) is 0 Å². The maximum Gasteiger partial charge on any atom is 0.258 e. The fraction of sp³-hybridized carbons (Fsp3) is 0.273. The van der Waals surface area contributed by atoms with Crippen molar-refractivity contribution in [1.82, 2.24) is 9.47 Å². The summed E-state index contributed by atoms with van der Waals surface area (Å²) < 4.78 is 7.08. The summed E-state index contributed by atoms with van der Waals surface area (Å²) in [6.07, 6.45) is 1.79. The number of morpholine rings is 1. The van der Waals surface area contributed by atoms with Crippen LogP contribution in [0, 0.1) is 0 Å². The lowest BCUT2D eigenvalue weighted by atomic mass is 10.1. The minimum absolute atomic E-state index is 0.0652. The predicted molar refractivity (Wildman–Crippen MR) is 115 cm³/mol. The number of rotatable bonds is 5. The molecule has 6 nitrogen and oxygen atoms in total. The number of anilines is 1. The molecule has 1 fully saturated rings. The first-order chi connectivity index (χ1) is 14.1. The highest BCUT2D eigenvalue weighted by Gasteiger charge is 2.14. The van der Waals surface area contributed by atoms with Gasteiger partial charge in [-0.2, -0.15) is 0 Å². The van der Waals surface area contributed by atoms with Gasteiger partial charge in [0.25, 0.3) is 11.5 Å². The Labute approximate surface area is 173 Å². The zero-order chi connectivity index (χ0) is 20.2. The summed E-state index contributed by atoms with van der Waals surface area (Å²) in [5.41, 5.74) is 0.916. The van der Waals surface area contributed by atoms with Gasteiger partial charge in [-0.25, -0.2) is 0 Å². The molecule has 1 aliphatic rings. The van der Waals surface area contributed by atoms with E-state index in [4.69, 9.17) is 16.3 Å². The number of amides is 1. The third kappa shape index (κ3) is 4.34. The molecule has 7 heteroatoms. The first kappa shape index (κ1) is 19.6. The molecule has 0 aliphatic carbocycles. The summed E-state index contributed by atoms with van der Waals surface area (Å²) in [5.74, 6) is -0.306. The molecule has 1 amide bonds. The van der Waals surface area contributed by atoms with Crippen molar-refractivity contribution >= 4 is 34.0 Å². The van der Waals surface area contributed by atoms with Gasteiger partial charge in [-0.3, -0.25) is 14.5 Å². The van der Waals surface area contributed by atoms with Gasteiger partial charge in [0, 0.05) is 48.8 Å². The maximum absolute atomic E-state index is 12.9. The highest BCUT2D eigenvalue weighted by Crippen LogP contribution is 2.23.